The molecule has 0 unspecified atom stereocenters. The minimum atomic E-state index is -0.993. The lowest BCUT2D eigenvalue weighted by Gasteiger charge is -2.19. The van der Waals surface area contributed by atoms with Gasteiger partial charge >= 0.3 is 5.97 Å². The van der Waals surface area contributed by atoms with E-state index in [2.05, 4.69) is 0 Å². The molecule has 36 heavy (non-hydrogen) atoms. The number of hydrogen-bond acceptors (Lipinski definition) is 4. The average Bonchev–Trinajstić information content (AvgIpc) is 3.14. The Hall–Kier alpha value is -4.71. The zero-order chi connectivity index (χ0) is 25.1. The normalized spacial score (nSPS) is 13.2. The summed E-state index contributed by atoms with van der Waals surface area (Å²) in [5.41, 5.74) is 2.86. The highest BCUT2D eigenvalue weighted by atomic mass is 16.5. The minimum Gasteiger partial charge on any atom is -0.493 e. The van der Waals surface area contributed by atoms with Crippen molar-refractivity contribution < 1.29 is 24.2 Å². The maximum Gasteiger partial charge on any atom is 0.335 e. The number of benzene rings is 4. The van der Waals surface area contributed by atoms with E-state index in [0.717, 1.165) is 27.7 Å². The predicted octanol–water partition coefficient (Wildman–Crippen LogP) is 5.62. The van der Waals surface area contributed by atoms with Crippen LogP contribution in [0.2, 0.25) is 0 Å². The van der Waals surface area contributed by atoms with Crippen LogP contribution in [0, 0.1) is 0 Å². The molecule has 1 aliphatic heterocycles. The largest absolute Gasteiger partial charge is 0.493 e. The Morgan fingerprint density at radius 1 is 0.861 bits per heavy atom. The van der Waals surface area contributed by atoms with Crippen molar-refractivity contribution in [3.63, 3.8) is 0 Å². The van der Waals surface area contributed by atoms with Crippen LogP contribution in [0.3, 0.4) is 0 Å². The summed E-state index contributed by atoms with van der Waals surface area (Å²) in [6, 6.07) is 27.4. The highest BCUT2D eigenvalue weighted by Crippen LogP contribution is 2.30. The first-order valence-electron chi connectivity index (χ1n) is 11.6. The standard InChI is InChI=1S/C30H23NO5/c32-28-25-9-3-4-10-26(25)31(29(28)33)19-21(18-20-12-14-23(15-13-20)30(34)35)16-17-36-27-11-5-7-22-6-1-2-8-24(22)27/h1-15,18H,16-17,19H2,(H,34,35)/b21-18-. The molecule has 178 valence electrons. The number of nitrogens with zero attached hydrogens (tertiary/aromatic N) is 1. The molecule has 1 amide bonds. The number of ketones is 1. The first-order chi connectivity index (χ1) is 17.5. The second kappa shape index (κ2) is 9.88. The zero-order valence-electron chi connectivity index (χ0n) is 19.4. The number of carboxylic acids is 1. The maximum atomic E-state index is 12.8. The van der Waals surface area contributed by atoms with Gasteiger partial charge in [-0.05, 0) is 46.9 Å². The van der Waals surface area contributed by atoms with E-state index in [-0.39, 0.29) is 12.1 Å². The van der Waals surface area contributed by atoms with E-state index in [1.165, 1.54) is 17.0 Å². The third kappa shape index (κ3) is 4.61. The first kappa shape index (κ1) is 23.1. The van der Waals surface area contributed by atoms with Crippen LogP contribution < -0.4 is 9.64 Å². The van der Waals surface area contributed by atoms with Gasteiger partial charge in [-0.15, -0.1) is 0 Å². The Morgan fingerprint density at radius 3 is 2.39 bits per heavy atom. The van der Waals surface area contributed by atoms with Crippen LogP contribution in [0.5, 0.6) is 5.75 Å². The topological polar surface area (TPSA) is 83.9 Å². The summed E-state index contributed by atoms with van der Waals surface area (Å²) >= 11 is 0. The van der Waals surface area contributed by atoms with Crippen molar-refractivity contribution in [1.29, 1.82) is 0 Å². The first-order valence-corrected chi connectivity index (χ1v) is 11.6. The number of ether oxygens (including phenoxy) is 1. The maximum absolute atomic E-state index is 12.8. The molecule has 1 aliphatic rings. The molecular weight excluding hydrogens is 454 g/mol. The molecule has 0 saturated carbocycles. The molecule has 0 spiro atoms. The number of amides is 1. The Kier molecular flexibility index (Phi) is 6.33. The lowest BCUT2D eigenvalue weighted by atomic mass is 10.1. The van der Waals surface area contributed by atoms with Gasteiger partial charge in [-0.2, -0.15) is 0 Å². The Labute approximate surface area is 208 Å². The van der Waals surface area contributed by atoms with Crippen molar-refractivity contribution in [3.8, 4) is 5.75 Å². The van der Waals surface area contributed by atoms with Crippen LogP contribution in [0.1, 0.15) is 32.7 Å². The molecular formula is C30H23NO5. The number of para-hydroxylation sites is 1. The Bertz CT molecular complexity index is 1500. The molecule has 4 aromatic carbocycles. The van der Waals surface area contributed by atoms with Gasteiger partial charge in [0, 0.05) is 18.4 Å². The molecule has 5 rings (SSSR count). The summed E-state index contributed by atoms with van der Waals surface area (Å²) in [6.07, 6.45) is 2.42. The molecule has 0 fully saturated rings. The lowest BCUT2D eigenvalue weighted by Crippen LogP contribution is -2.31. The molecule has 6 heteroatoms. The number of carbonyl (C=O) groups is 3. The van der Waals surface area contributed by atoms with Crippen LogP contribution in [0.4, 0.5) is 5.69 Å². The fraction of sp³-hybridized carbons (Fsp3) is 0.100. The van der Waals surface area contributed by atoms with Gasteiger partial charge in [-0.3, -0.25) is 9.59 Å². The number of carbonyl (C=O) groups excluding carboxylic acids is 2. The van der Waals surface area contributed by atoms with Crippen LogP contribution in [-0.4, -0.2) is 35.9 Å². The number of carboxylic acid groups (broad SMARTS) is 1. The molecule has 0 bridgehead atoms. The van der Waals surface area contributed by atoms with Crippen molar-refractivity contribution >= 4 is 40.2 Å². The molecule has 1 N–H and O–H groups in total. The summed E-state index contributed by atoms with van der Waals surface area (Å²) in [7, 11) is 0. The smallest absolute Gasteiger partial charge is 0.335 e. The van der Waals surface area contributed by atoms with Gasteiger partial charge in [0.25, 0.3) is 11.7 Å². The van der Waals surface area contributed by atoms with Crippen molar-refractivity contribution in [2.45, 2.75) is 6.42 Å². The monoisotopic (exact) mass is 477 g/mol. The molecule has 6 nitrogen and oxygen atoms in total. The van der Waals surface area contributed by atoms with Crippen molar-refractivity contribution in [2.75, 3.05) is 18.1 Å². The summed E-state index contributed by atoms with van der Waals surface area (Å²) in [4.78, 5) is 37.9. The SMILES string of the molecule is O=C(O)c1ccc(/C=C(/CCOc2cccc3ccccc23)CN2C(=O)C(=O)c3ccccc32)cc1. The zero-order valence-corrected chi connectivity index (χ0v) is 19.4. The van der Waals surface area contributed by atoms with E-state index in [1.807, 2.05) is 48.5 Å². The van der Waals surface area contributed by atoms with Crippen LogP contribution >= 0.6 is 0 Å². The van der Waals surface area contributed by atoms with E-state index in [9.17, 15) is 19.5 Å². The van der Waals surface area contributed by atoms with Crippen LogP contribution in [0.15, 0.2) is 96.6 Å². The molecule has 0 aromatic heterocycles. The summed E-state index contributed by atoms with van der Waals surface area (Å²) < 4.78 is 6.13. The van der Waals surface area contributed by atoms with E-state index < -0.39 is 17.7 Å². The van der Waals surface area contributed by atoms with Gasteiger partial charge in [0.05, 0.1) is 23.4 Å². The lowest BCUT2D eigenvalue weighted by molar-refractivity contribution is -0.114. The number of aromatic carboxylic acids is 1. The average molecular weight is 478 g/mol. The van der Waals surface area contributed by atoms with Gasteiger partial charge in [0.15, 0.2) is 0 Å². The summed E-state index contributed by atoms with van der Waals surface area (Å²) in [5.74, 6) is -1.29. The number of anilines is 1. The molecule has 1 heterocycles. The van der Waals surface area contributed by atoms with E-state index >= 15 is 0 Å². The van der Waals surface area contributed by atoms with Gasteiger partial charge < -0.3 is 14.7 Å². The summed E-state index contributed by atoms with van der Waals surface area (Å²) in [5, 5.41) is 11.3. The third-order valence-electron chi connectivity index (χ3n) is 6.20. The third-order valence-corrected chi connectivity index (χ3v) is 6.20. The summed E-state index contributed by atoms with van der Waals surface area (Å²) in [6.45, 7) is 0.589. The molecule has 0 atom stereocenters. The molecule has 0 saturated heterocycles. The second-order valence-corrected chi connectivity index (χ2v) is 8.54. The molecule has 4 aromatic rings. The highest BCUT2D eigenvalue weighted by molar-refractivity contribution is 6.52. The number of Topliss-reactive ketones (excluding diaryl/α,β-unsaturated/α-hetero) is 1. The van der Waals surface area contributed by atoms with E-state index in [4.69, 9.17) is 4.74 Å². The van der Waals surface area contributed by atoms with Gasteiger partial charge in [-0.1, -0.05) is 66.7 Å². The Balaban J connectivity index is 1.40. The highest BCUT2D eigenvalue weighted by Gasteiger charge is 2.35. The van der Waals surface area contributed by atoms with Gasteiger partial charge in [0.2, 0.25) is 0 Å². The van der Waals surface area contributed by atoms with Crippen LogP contribution in [0.25, 0.3) is 16.8 Å². The van der Waals surface area contributed by atoms with E-state index in [0.29, 0.717) is 24.3 Å². The van der Waals surface area contributed by atoms with Crippen molar-refractivity contribution in [1.82, 2.24) is 0 Å². The molecule has 0 radical (unpaired) electrons. The predicted molar refractivity (Wildman–Crippen MR) is 139 cm³/mol. The van der Waals surface area contributed by atoms with Crippen molar-refractivity contribution in [3.05, 3.63) is 113 Å². The number of fused-ring (bicyclic) bond motifs is 2. The molecule has 0 aliphatic carbocycles. The van der Waals surface area contributed by atoms with Gasteiger partial charge in [-0.25, -0.2) is 4.79 Å². The fourth-order valence-electron chi connectivity index (χ4n) is 4.38. The fourth-order valence-corrected chi connectivity index (χ4v) is 4.38. The van der Waals surface area contributed by atoms with Gasteiger partial charge in [0.1, 0.15) is 5.75 Å². The van der Waals surface area contributed by atoms with Crippen molar-refractivity contribution in [2.24, 2.45) is 0 Å². The second-order valence-electron chi connectivity index (χ2n) is 8.54. The minimum absolute atomic E-state index is 0.197. The number of rotatable bonds is 8. The van der Waals surface area contributed by atoms with E-state index in [1.54, 1.807) is 36.4 Å². The quantitative estimate of drug-likeness (QED) is 0.333. The van der Waals surface area contributed by atoms with Crippen LogP contribution in [-0.2, 0) is 4.79 Å². The number of hydrogen-bond donors (Lipinski definition) is 1. The Morgan fingerprint density at radius 2 is 1.58 bits per heavy atom.